The Morgan fingerprint density at radius 2 is 1.92 bits per heavy atom. The molecule has 1 atom stereocenters. The third kappa shape index (κ3) is 6.66. The van der Waals surface area contributed by atoms with Crippen LogP contribution in [0.1, 0.15) is 44.7 Å². The molecule has 6 heteroatoms. The summed E-state index contributed by atoms with van der Waals surface area (Å²) in [5, 5.41) is 6.72. The molecule has 25 heavy (non-hydrogen) atoms. The van der Waals surface area contributed by atoms with E-state index in [1.165, 1.54) is 18.4 Å². The van der Waals surface area contributed by atoms with E-state index in [4.69, 9.17) is 9.73 Å². The van der Waals surface area contributed by atoms with Gasteiger partial charge in [-0.1, -0.05) is 25.1 Å². The molecule has 2 rings (SSSR count). The van der Waals surface area contributed by atoms with E-state index in [-0.39, 0.29) is 30.0 Å². The summed E-state index contributed by atoms with van der Waals surface area (Å²) in [7, 11) is 1.75. The number of guanidine groups is 1. The second-order valence-electron chi connectivity index (χ2n) is 6.15. The van der Waals surface area contributed by atoms with E-state index in [2.05, 4.69) is 41.5 Å². The summed E-state index contributed by atoms with van der Waals surface area (Å²) >= 11 is 0. The van der Waals surface area contributed by atoms with Crippen LogP contribution in [0, 0.1) is 0 Å². The zero-order valence-electron chi connectivity index (χ0n) is 15.8. The molecule has 5 nitrogen and oxygen atoms in total. The van der Waals surface area contributed by atoms with Crippen molar-refractivity contribution in [2.75, 3.05) is 39.8 Å². The maximum Gasteiger partial charge on any atom is 0.191 e. The number of likely N-dealkylation sites (tertiary alicyclic amines) is 1. The first-order chi connectivity index (χ1) is 11.8. The predicted molar refractivity (Wildman–Crippen MR) is 116 cm³/mol. The molecule has 0 aliphatic carbocycles. The van der Waals surface area contributed by atoms with Crippen molar-refractivity contribution in [3.63, 3.8) is 0 Å². The molecule has 1 aliphatic heterocycles. The van der Waals surface area contributed by atoms with Crippen LogP contribution in [-0.2, 0) is 0 Å². The molecule has 1 unspecified atom stereocenters. The van der Waals surface area contributed by atoms with E-state index < -0.39 is 0 Å². The number of halogens is 1. The molecular weight excluding hydrogens is 427 g/mol. The van der Waals surface area contributed by atoms with Gasteiger partial charge < -0.3 is 15.4 Å². The number of benzene rings is 1. The van der Waals surface area contributed by atoms with Crippen molar-refractivity contribution in [1.29, 1.82) is 0 Å². The van der Waals surface area contributed by atoms with Crippen molar-refractivity contribution >= 4 is 29.9 Å². The highest BCUT2D eigenvalue weighted by Gasteiger charge is 2.25. The largest absolute Gasteiger partial charge is 0.496 e. The Morgan fingerprint density at radius 1 is 1.20 bits per heavy atom. The van der Waals surface area contributed by atoms with Gasteiger partial charge in [0.05, 0.1) is 19.7 Å². The van der Waals surface area contributed by atoms with Crippen molar-refractivity contribution in [2.24, 2.45) is 4.99 Å². The predicted octanol–water partition coefficient (Wildman–Crippen LogP) is 3.42. The molecular formula is C19H33IN4O. The van der Waals surface area contributed by atoms with E-state index in [0.29, 0.717) is 0 Å². The number of hydrogen-bond acceptors (Lipinski definition) is 3. The lowest BCUT2D eigenvalue weighted by atomic mass is 10.0. The molecule has 1 saturated heterocycles. The lowest BCUT2D eigenvalue weighted by Gasteiger charge is -2.28. The Bertz CT molecular complexity index is 518. The molecule has 1 aliphatic rings. The van der Waals surface area contributed by atoms with E-state index in [1.54, 1.807) is 7.11 Å². The molecule has 0 saturated carbocycles. The van der Waals surface area contributed by atoms with Crippen LogP contribution in [0.5, 0.6) is 5.75 Å². The minimum absolute atomic E-state index is 0. The zero-order valence-corrected chi connectivity index (χ0v) is 18.1. The summed E-state index contributed by atoms with van der Waals surface area (Å²) in [6.45, 7) is 9.08. The number of nitrogens with zero attached hydrogens (tertiary/aromatic N) is 2. The highest BCUT2D eigenvalue weighted by atomic mass is 127. The first kappa shape index (κ1) is 22.0. The number of rotatable bonds is 8. The number of hydrogen-bond donors (Lipinski definition) is 2. The normalized spacial score (nSPS) is 16.2. The molecule has 1 heterocycles. The van der Waals surface area contributed by atoms with E-state index in [0.717, 1.165) is 50.9 Å². The van der Waals surface area contributed by atoms with Crippen LogP contribution in [-0.4, -0.2) is 50.7 Å². The topological polar surface area (TPSA) is 48.9 Å². The number of ether oxygens (including phenoxy) is 1. The van der Waals surface area contributed by atoms with Gasteiger partial charge in [-0.25, -0.2) is 0 Å². The molecule has 0 amide bonds. The molecule has 1 aromatic rings. The summed E-state index contributed by atoms with van der Waals surface area (Å²) in [6, 6.07) is 8.60. The van der Waals surface area contributed by atoms with Crippen molar-refractivity contribution in [2.45, 2.75) is 39.2 Å². The third-order valence-corrected chi connectivity index (χ3v) is 4.39. The van der Waals surface area contributed by atoms with Gasteiger partial charge in [-0.2, -0.15) is 0 Å². The first-order valence-corrected chi connectivity index (χ1v) is 9.19. The zero-order chi connectivity index (χ0) is 17.2. The second-order valence-corrected chi connectivity index (χ2v) is 6.15. The maximum atomic E-state index is 5.60. The monoisotopic (exact) mass is 460 g/mol. The van der Waals surface area contributed by atoms with Crippen LogP contribution >= 0.6 is 24.0 Å². The molecule has 0 bridgehead atoms. The van der Waals surface area contributed by atoms with Crippen LogP contribution in [0.2, 0.25) is 0 Å². The van der Waals surface area contributed by atoms with E-state index in [9.17, 15) is 0 Å². The Labute approximate surface area is 169 Å². The van der Waals surface area contributed by atoms with Gasteiger partial charge >= 0.3 is 0 Å². The van der Waals surface area contributed by atoms with Crippen molar-refractivity contribution in [1.82, 2.24) is 15.5 Å². The van der Waals surface area contributed by atoms with Crippen LogP contribution < -0.4 is 15.4 Å². The van der Waals surface area contributed by atoms with Crippen molar-refractivity contribution < 1.29 is 4.74 Å². The average molecular weight is 460 g/mol. The summed E-state index contributed by atoms with van der Waals surface area (Å²) in [5.74, 6) is 1.86. The fraction of sp³-hybridized carbons (Fsp3) is 0.632. The maximum absolute atomic E-state index is 5.60. The minimum atomic E-state index is 0. The first-order valence-electron chi connectivity index (χ1n) is 9.19. The molecule has 1 fully saturated rings. The lowest BCUT2D eigenvalue weighted by Crippen LogP contribution is -2.38. The summed E-state index contributed by atoms with van der Waals surface area (Å²) in [6.07, 6.45) is 3.62. The molecule has 0 radical (unpaired) electrons. The second kappa shape index (κ2) is 12.4. The third-order valence-electron chi connectivity index (χ3n) is 4.39. The van der Waals surface area contributed by atoms with Crippen LogP contribution in [0.4, 0.5) is 0 Å². The fourth-order valence-electron chi connectivity index (χ4n) is 3.17. The quantitative estimate of drug-likeness (QED) is 0.355. The van der Waals surface area contributed by atoms with Gasteiger partial charge in [0.15, 0.2) is 5.96 Å². The summed E-state index contributed by atoms with van der Waals surface area (Å²) in [5.41, 5.74) is 1.23. The Kier molecular flexibility index (Phi) is 10.9. The van der Waals surface area contributed by atoms with Crippen LogP contribution in [0.25, 0.3) is 0 Å². The molecule has 0 spiro atoms. The number of para-hydroxylation sites is 1. The molecule has 1 aromatic carbocycles. The molecule has 142 valence electrons. The SMILES string of the molecule is CCCNC(=NCC(c1ccccc1OC)N1CCCC1)NCC.I. The van der Waals surface area contributed by atoms with Gasteiger partial charge in [-0.3, -0.25) is 9.89 Å². The molecule has 2 N–H and O–H groups in total. The average Bonchev–Trinajstić information content (AvgIpc) is 3.14. The molecule has 0 aromatic heterocycles. The smallest absolute Gasteiger partial charge is 0.191 e. The van der Waals surface area contributed by atoms with Crippen LogP contribution in [0.3, 0.4) is 0 Å². The number of methoxy groups -OCH3 is 1. The Balaban J connectivity index is 0.00000312. The highest BCUT2D eigenvalue weighted by Crippen LogP contribution is 2.31. The van der Waals surface area contributed by atoms with Gasteiger partial charge in [0.2, 0.25) is 0 Å². The van der Waals surface area contributed by atoms with Gasteiger partial charge in [0.25, 0.3) is 0 Å². The summed E-state index contributed by atoms with van der Waals surface area (Å²) in [4.78, 5) is 7.38. The fourth-order valence-corrected chi connectivity index (χ4v) is 3.17. The van der Waals surface area contributed by atoms with E-state index in [1.807, 2.05) is 12.1 Å². The van der Waals surface area contributed by atoms with Crippen LogP contribution in [0.15, 0.2) is 29.3 Å². The minimum Gasteiger partial charge on any atom is -0.496 e. The highest BCUT2D eigenvalue weighted by molar-refractivity contribution is 14.0. The number of aliphatic imine (C=N–C) groups is 1. The lowest BCUT2D eigenvalue weighted by molar-refractivity contribution is 0.245. The van der Waals surface area contributed by atoms with Gasteiger partial charge in [0.1, 0.15) is 5.75 Å². The van der Waals surface area contributed by atoms with E-state index >= 15 is 0 Å². The van der Waals surface area contributed by atoms with Gasteiger partial charge in [0, 0.05) is 18.7 Å². The standard InChI is InChI=1S/C19H32N4O.HI/c1-4-12-21-19(20-5-2)22-15-17(23-13-8-9-14-23)16-10-6-7-11-18(16)24-3;/h6-7,10-11,17H,4-5,8-9,12-15H2,1-3H3,(H2,20,21,22);1H. The van der Waals surface area contributed by atoms with Gasteiger partial charge in [-0.15, -0.1) is 24.0 Å². The Morgan fingerprint density at radius 3 is 2.56 bits per heavy atom. The number of nitrogens with one attached hydrogen (secondary N) is 2. The van der Waals surface area contributed by atoms with Crippen molar-refractivity contribution in [3.8, 4) is 5.75 Å². The van der Waals surface area contributed by atoms with Gasteiger partial charge in [-0.05, 0) is 45.3 Å². The van der Waals surface area contributed by atoms with Crippen molar-refractivity contribution in [3.05, 3.63) is 29.8 Å². The summed E-state index contributed by atoms with van der Waals surface area (Å²) < 4.78 is 5.60. The Hall–Kier alpha value is -1.02.